The topological polar surface area (TPSA) is 102 Å². The van der Waals surface area contributed by atoms with Gasteiger partial charge in [-0.2, -0.15) is 0 Å². The quantitative estimate of drug-likeness (QED) is 0.518. The zero-order valence-corrected chi connectivity index (χ0v) is 10.3. The highest BCUT2D eigenvalue weighted by Gasteiger charge is 2.29. The summed E-state index contributed by atoms with van der Waals surface area (Å²) < 4.78 is 5.28. The van der Waals surface area contributed by atoms with E-state index in [1.54, 1.807) is 0 Å². The maximum absolute atomic E-state index is 12.1. The smallest absolute Gasteiger partial charge is 0.271 e. The van der Waals surface area contributed by atoms with Gasteiger partial charge >= 0.3 is 0 Å². The predicted octanol–water partition coefficient (Wildman–Crippen LogP) is 0.0611. The minimum atomic E-state index is -0.247. The number of amides is 1. The molecule has 0 saturated carbocycles. The lowest BCUT2D eigenvalue weighted by molar-refractivity contribution is 0.0421. The molecule has 1 aromatic rings. The molecule has 1 aliphatic heterocycles. The van der Waals surface area contributed by atoms with Crippen molar-refractivity contribution in [1.29, 1.82) is 0 Å². The maximum atomic E-state index is 12.1. The molecule has 18 heavy (non-hydrogen) atoms. The summed E-state index contributed by atoms with van der Waals surface area (Å²) in [6, 6.07) is 0. The van der Waals surface area contributed by atoms with Crippen LogP contribution in [-0.2, 0) is 4.74 Å². The highest BCUT2D eigenvalue weighted by atomic mass is 16.5. The predicted molar refractivity (Wildman–Crippen MR) is 65.8 cm³/mol. The molecule has 4 N–H and O–H groups in total. The number of nitrogens with one attached hydrogen (secondary N) is 2. The fourth-order valence-electron chi connectivity index (χ4n) is 1.83. The SMILES string of the molecule is CC1(NC(=O)c2cncc(NN)n2)CCOCC1. The Labute approximate surface area is 105 Å². The van der Waals surface area contributed by atoms with Crippen LogP contribution in [0.25, 0.3) is 0 Å². The van der Waals surface area contributed by atoms with Crippen molar-refractivity contribution in [2.24, 2.45) is 5.84 Å². The van der Waals surface area contributed by atoms with Crippen molar-refractivity contribution in [3.63, 3.8) is 0 Å². The Morgan fingerprint density at radius 3 is 2.83 bits per heavy atom. The van der Waals surface area contributed by atoms with Crippen LogP contribution in [0.15, 0.2) is 12.4 Å². The summed E-state index contributed by atoms with van der Waals surface area (Å²) in [6.07, 6.45) is 4.45. The van der Waals surface area contributed by atoms with E-state index in [1.165, 1.54) is 12.4 Å². The van der Waals surface area contributed by atoms with Crippen LogP contribution in [0.5, 0.6) is 0 Å². The van der Waals surface area contributed by atoms with Gasteiger partial charge in [-0.05, 0) is 19.8 Å². The van der Waals surface area contributed by atoms with Crippen molar-refractivity contribution in [3.8, 4) is 0 Å². The minimum absolute atomic E-state index is 0.246. The number of carbonyl (C=O) groups excluding carboxylic acids is 1. The zero-order chi connectivity index (χ0) is 13.0. The summed E-state index contributed by atoms with van der Waals surface area (Å²) in [4.78, 5) is 20.0. The number of hydrazine groups is 1. The first-order chi connectivity index (χ1) is 8.63. The molecule has 0 aliphatic carbocycles. The molecule has 98 valence electrons. The van der Waals surface area contributed by atoms with Gasteiger partial charge < -0.3 is 15.5 Å². The second kappa shape index (κ2) is 5.28. The van der Waals surface area contributed by atoms with E-state index >= 15 is 0 Å². The van der Waals surface area contributed by atoms with Gasteiger partial charge in [-0.25, -0.2) is 10.8 Å². The van der Waals surface area contributed by atoms with Gasteiger partial charge in [0.15, 0.2) is 5.82 Å². The van der Waals surface area contributed by atoms with Crippen molar-refractivity contribution < 1.29 is 9.53 Å². The summed E-state index contributed by atoms with van der Waals surface area (Å²) in [7, 11) is 0. The first-order valence-corrected chi connectivity index (χ1v) is 5.82. The molecule has 1 aliphatic rings. The molecular weight excluding hydrogens is 234 g/mol. The van der Waals surface area contributed by atoms with Gasteiger partial charge in [0, 0.05) is 18.8 Å². The molecule has 2 rings (SSSR count). The molecule has 0 spiro atoms. The molecule has 1 amide bonds. The molecule has 1 fully saturated rings. The number of anilines is 1. The monoisotopic (exact) mass is 251 g/mol. The summed E-state index contributed by atoms with van der Waals surface area (Å²) in [5.41, 5.74) is 2.36. The van der Waals surface area contributed by atoms with Gasteiger partial charge in [-0.15, -0.1) is 0 Å². The van der Waals surface area contributed by atoms with Crippen LogP contribution >= 0.6 is 0 Å². The lowest BCUT2D eigenvalue weighted by Crippen LogP contribution is -2.49. The van der Waals surface area contributed by atoms with Gasteiger partial charge in [0.05, 0.1) is 12.4 Å². The van der Waals surface area contributed by atoms with Crippen molar-refractivity contribution in [2.75, 3.05) is 18.6 Å². The molecule has 2 heterocycles. The molecule has 7 heteroatoms. The number of nitrogens with two attached hydrogens (primary N) is 1. The highest BCUT2D eigenvalue weighted by Crippen LogP contribution is 2.20. The number of nitrogens with zero attached hydrogens (tertiary/aromatic N) is 2. The van der Waals surface area contributed by atoms with Crippen molar-refractivity contribution in [2.45, 2.75) is 25.3 Å². The van der Waals surface area contributed by atoms with Gasteiger partial charge in [-0.3, -0.25) is 9.78 Å². The number of ether oxygens (including phenoxy) is 1. The zero-order valence-electron chi connectivity index (χ0n) is 10.3. The van der Waals surface area contributed by atoms with Crippen molar-refractivity contribution in [3.05, 3.63) is 18.1 Å². The van der Waals surface area contributed by atoms with Crippen LogP contribution < -0.4 is 16.6 Å². The standard InChI is InChI=1S/C11H17N5O2/c1-11(2-4-18-5-3-11)15-10(17)8-6-13-7-9(14-8)16-12/h6-7H,2-5,12H2,1H3,(H,14,16)(H,15,17). The average Bonchev–Trinajstić information content (AvgIpc) is 2.39. The highest BCUT2D eigenvalue weighted by molar-refractivity contribution is 5.92. The van der Waals surface area contributed by atoms with Crippen LogP contribution in [0.1, 0.15) is 30.3 Å². The Hall–Kier alpha value is -1.73. The maximum Gasteiger partial charge on any atom is 0.271 e. The average molecular weight is 251 g/mol. The fraction of sp³-hybridized carbons (Fsp3) is 0.545. The summed E-state index contributed by atoms with van der Waals surface area (Å²) in [6.45, 7) is 3.32. The third-order valence-electron chi connectivity index (χ3n) is 3.03. The molecule has 0 unspecified atom stereocenters. The Bertz CT molecular complexity index is 431. The van der Waals surface area contributed by atoms with Crippen LogP contribution in [0.3, 0.4) is 0 Å². The molecule has 0 atom stereocenters. The molecule has 0 bridgehead atoms. The van der Waals surface area contributed by atoms with E-state index in [9.17, 15) is 4.79 Å². The Balaban J connectivity index is 2.06. The van der Waals surface area contributed by atoms with Gasteiger partial charge in [0.1, 0.15) is 5.69 Å². The van der Waals surface area contributed by atoms with Crippen molar-refractivity contribution >= 4 is 11.7 Å². The third-order valence-corrected chi connectivity index (χ3v) is 3.03. The van der Waals surface area contributed by atoms with E-state index in [4.69, 9.17) is 10.6 Å². The fourth-order valence-corrected chi connectivity index (χ4v) is 1.83. The first kappa shape index (κ1) is 12.7. The number of carbonyl (C=O) groups is 1. The summed E-state index contributed by atoms with van der Waals surface area (Å²) in [5.74, 6) is 5.34. The van der Waals surface area contributed by atoms with Gasteiger partial charge in [-0.1, -0.05) is 0 Å². The Morgan fingerprint density at radius 2 is 2.17 bits per heavy atom. The second-order valence-electron chi connectivity index (χ2n) is 4.56. The van der Waals surface area contributed by atoms with E-state index in [2.05, 4.69) is 20.7 Å². The normalized spacial score (nSPS) is 18.1. The number of aromatic nitrogens is 2. The van der Waals surface area contributed by atoms with E-state index < -0.39 is 0 Å². The molecule has 7 nitrogen and oxygen atoms in total. The summed E-state index contributed by atoms with van der Waals surface area (Å²) >= 11 is 0. The summed E-state index contributed by atoms with van der Waals surface area (Å²) in [5, 5.41) is 2.97. The minimum Gasteiger partial charge on any atom is -0.381 e. The Morgan fingerprint density at radius 1 is 1.44 bits per heavy atom. The number of hydrogen-bond acceptors (Lipinski definition) is 6. The third kappa shape index (κ3) is 2.93. The molecular formula is C11H17N5O2. The molecule has 0 radical (unpaired) electrons. The van der Waals surface area contributed by atoms with Crippen LogP contribution in [0.4, 0.5) is 5.82 Å². The molecule has 1 aromatic heterocycles. The second-order valence-corrected chi connectivity index (χ2v) is 4.56. The number of hydrogen-bond donors (Lipinski definition) is 3. The lowest BCUT2D eigenvalue weighted by Gasteiger charge is -2.34. The number of nitrogen functional groups attached to an aromatic ring is 1. The largest absolute Gasteiger partial charge is 0.381 e. The van der Waals surface area contributed by atoms with Crippen LogP contribution in [0.2, 0.25) is 0 Å². The molecule has 1 saturated heterocycles. The first-order valence-electron chi connectivity index (χ1n) is 5.82. The molecule has 0 aromatic carbocycles. The van der Waals surface area contributed by atoms with Crippen LogP contribution in [-0.4, -0.2) is 34.6 Å². The van der Waals surface area contributed by atoms with Crippen molar-refractivity contribution in [1.82, 2.24) is 15.3 Å². The van der Waals surface area contributed by atoms with E-state index in [0.717, 1.165) is 12.8 Å². The van der Waals surface area contributed by atoms with E-state index in [-0.39, 0.29) is 17.1 Å². The van der Waals surface area contributed by atoms with Gasteiger partial charge in [0.2, 0.25) is 0 Å². The lowest BCUT2D eigenvalue weighted by atomic mass is 9.92. The van der Waals surface area contributed by atoms with Crippen LogP contribution in [0, 0.1) is 0 Å². The Kier molecular flexibility index (Phi) is 3.73. The van der Waals surface area contributed by atoms with E-state index in [1.807, 2.05) is 6.92 Å². The number of rotatable bonds is 3. The van der Waals surface area contributed by atoms with Gasteiger partial charge in [0.25, 0.3) is 5.91 Å². The van der Waals surface area contributed by atoms with E-state index in [0.29, 0.717) is 19.0 Å².